The number of hydrogen-bond donors (Lipinski definition) is 1. The quantitative estimate of drug-likeness (QED) is 0.744. The van der Waals surface area contributed by atoms with Crippen molar-refractivity contribution in [2.75, 3.05) is 40.4 Å². The molecule has 3 nitrogen and oxygen atoms in total. The maximum Gasteiger partial charge on any atom is 0.128 e. The molecular formula is C13H20BrFN2O. The molecule has 0 bridgehead atoms. The number of benzene rings is 1. The molecule has 1 N–H and O–H groups in total. The van der Waals surface area contributed by atoms with Crippen LogP contribution in [0.4, 0.5) is 4.39 Å². The fourth-order valence-corrected chi connectivity index (χ4v) is 1.71. The highest BCUT2D eigenvalue weighted by atomic mass is 79.9. The van der Waals surface area contributed by atoms with Gasteiger partial charge in [-0.1, -0.05) is 22.0 Å². The molecule has 0 heterocycles. The Morgan fingerprint density at radius 2 is 2.11 bits per heavy atom. The average molecular weight is 319 g/mol. The molecule has 0 radical (unpaired) electrons. The van der Waals surface area contributed by atoms with Crippen molar-refractivity contribution in [1.82, 2.24) is 10.2 Å². The third-order valence-corrected chi connectivity index (χ3v) is 2.93. The predicted molar refractivity (Wildman–Crippen MR) is 75.2 cm³/mol. The highest BCUT2D eigenvalue weighted by molar-refractivity contribution is 9.10. The first-order valence-corrected chi connectivity index (χ1v) is 6.76. The van der Waals surface area contributed by atoms with Crippen LogP contribution in [0.15, 0.2) is 22.7 Å². The van der Waals surface area contributed by atoms with Crippen LogP contribution in [0.25, 0.3) is 0 Å². The van der Waals surface area contributed by atoms with Crippen LogP contribution in [0.3, 0.4) is 0 Å². The molecule has 0 saturated carbocycles. The fraction of sp³-hybridized carbons (Fsp3) is 0.538. The molecular weight excluding hydrogens is 299 g/mol. The maximum absolute atomic E-state index is 13.5. The van der Waals surface area contributed by atoms with Crippen LogP contribution in [0.5, 0.6) is 0 Å². The third kappa shape index (κ3) is 6.44. The smallest absolute Gasteiger partial charge is 0.128 e. The van der Waals surface area contributed by atoms with Crippen LogP contribution >= 0.6 is 15.9 Å². The van der Waals surface area contributed by atoms with E-state index >= 15 is 0 Å². The van der Waals surface area contributed by atoms with Crippen LogP contribution < -0.4 is 5.32 Å². The summed E-state index contributed by atoms with van der Waals surface area (Å²) in [6.07, 6.45) is 0. The van der Waals surface area contributed by atoms with E-state index in [2.05, 4.69) is 26.1 Å². The molecule has 1 aromatic carbocycles. The molecule has 0 atom stereocenters. The van der Waals surface area contributed by atoms with Gasteiger partial charge in [-0.15, -0.1) is 0 Å². The van der Waals surface area contributed by atoms with Gasteiger partial charge in [0.25, 0.3) is 0 Å². The molecule has 0 spiro atoms. The molecule has 102 valence electrons. The number of hydrogen-bond acceptors (Lipinski definition) is 3. The minimum absolute atomic E-state index is 0.189. The van der Waals surface area contributed by atoms with Crippen LogP contribution in [0.2, 0.25) is 0 Å². The van der Waals surface area contributed by atoms with Crippen molar-refractivity contribution in [2.45, 2.75) is 6.54 Å². The van der Waals surface area contributed by atoms with E-state index in [0.717, 1.165) is 24.2 Å². The molecule has 0 aliphatic rings. The van der Waals surface area contributed by atoms with Crippen molar-refractivity contribution in [2.24, 2.45) is 0 Å². The summed E-state index contributed by atoms with van der Waals surface area (Å²) >= 11 is 3.23. The summed E-state index contributed by atoms with van der Waals surface area (Å²) in [4.78, 5) is 2.07. The van der Waals surface area contributed by atoms with E-state index in [4.69, 9.17) is 4.74 Å². The summed E-state index contributed by atoms with van der Waals surface area (Å²) in [7, 11) is 4.02. The second-order valence-electron chi connectivity index (χ2n) is 4.33. The molecule has 5 heteroatoms. The van der Waals surface area contributed by atoms with Gasteiger partial charge in [-0.05, 0) is 26.2 Å². The van der Waals surface area contributed by atoms with Gasteiger partial charge in [0.2, 0.25) is 0 Å². The topological polar surface area (TPSA) is 24.5 Å². The number of rotatable bonds is 8. The van der Waals surface area contributed by atoms with Crippen LogP contribution in [0.1, 0.15) is 5.56 Å². The van der Waals surface area contributed by atoms with Gasteiger partial charge in [-0.25, -0.2) is 4.39 Å². The lowest BCUT2D eigenvalue weighted by molar-refractivity contribution is 0.119. The van der Waals surface area contributed by atoms with Crippen molar-refractivity contribution < 1.29 is 9.13 Å². The molecule has 0 aromatic heterocycles. The molecule has 1 rings (SSSR count). The Hall–Kier alpha value is -0.490. The lowest BCUT2D eigenvalue weighted by atomic mass is 10.2. The van der Waals surface area contributed by atoms with E-state index in [1.807, 2.05) is 20.2 Å². The summed E-state index contributed by atoms with van der Waals surface area (Å²) in [6, 6.07) is 5.09. The predicted octanol–water partition coefficient (Wildman–Crippen LogP) is 2.26. The maximum atomic E-state index is 13.5. The zero-order valence-electron chi connectivity index (χ0n) is 10.9. The van der Waals surface area contributed by atoms with E-state index in [1.54, 1.807) is 6.07 Å². The highest BCUT2D eigenvalue weighted by Gasteiger charge is 2.01. The van der Waals surface area contributed by atoms with Crippen LogP contribution in [-0.2, 0) is 11.3 Å². The fourth-order valence-electron chi connectivity index (χ4n) is 1.38. The standard InChI is InChI=1S/C13H20BrFN2O/c1-17(2)6-8-18-7-5-16-10-11-3-4-12(14)9-13(11)15/h3-4,9,16H,5-8,10H2,1-2H3. The van der Waals surface area contributed by atoms with Gasteiger partial charge < -0.3 is 15.0 Å². The Labute approximate surface area is 116 Å². The summed E-state index contributed by atoms with van der Waals surface area (Å²) in [5.41, 5.74) is 0.673. The summed E-state index contributed by atoms with van der Waals surface area (Å²) in [6.45, 7) is 3.54. The molecule has 0 fully saturated rings. The largest absolute Gasteiger partial charge is 0.379 e. The van der Waals surface area contributed by atoms with Gasteiger partial charge in [0.15, 0.2) is 0 Å². The lowest BCUT2D eigenvalue weighted by Crippen LogP contribution is -2.23. The molecule has 0 aliphatic heterocycles. The first-order chi connectivity index (χ1) is 8.59. The Kier molecular flexibility index (Phi) is 7.42. The third-order valence-electron chi connectivity index (χ3n) is 2.44. The molecule has 18 heavy (non-hydrogen) atoms. The molecule has 0 amide bonds. The number of nitrogens with zero attached hydrogens (tertiary/aromatic N) is 1. The zero-order valence-corrected chi connectivity index (χ0v) is 12.5. The van der Waals surface area contributed by atoms with Gasteiger partial charge in [0.05, 0.1) is 13.2 Å². The molecule has 0 saturated heterocycles. The highest BCUT2D eigenvalue weighted by Crippen LogP contribution is 2.14. The Balaban J connectivity index is 2.11. The Bertz CT molecular complexity index is 361. The van der Waals surface area contributed by atoms with E-state index in [1.165, 1.54) is 6.07 Å². The Morgan fingerprint density at radius 1 is 1.33 bits per heavy atom. The molecule has 0 unspecified atom stereocenters. The number of likely N-dealkylation sites (N-methyl/N-ethyl adjacent to an activating group) is 1. The second kappa shape index (κ2) is 8.58. The minimum atomic E-state index is -0.189. The average Bonchev–Trinajstić information content (AvgIpc) is 2.30. The first-order valence-electron chi connectivity index (χ1n) is 5.96. The molecule has 1 aromatic rings. The van der Waals surface area contributed by atoms with Crippen molar-refractivity contribution in [3.8, 4) is 0 Å². The Morgan fingerprint density at radius 3 is 2.78 bits per heavy atom. The van der Waals surface area contributed by atoms with Crippen molar-refractivity contribution in [3.05, 3.63) is 34.1 Å². The van der Waals surface area contributed by atoms with Gasteiger partial charge in [0.1, 0.15) is 5.82 Å². The van der Waals surface area contributed by atoms with Gasteiger partial charge >= 0.3 is 0 Å². The van der Waals surface area contributed by atoms with Crippen LogP contribution in [-0.4, -0.2) is 45.3 Å². The van der Waals surface area contributed by atoms with Gasteiger partial charge in [0, 0.05) is 29.7 Å². The summed E-state index contributed by atoms with van der Waals surface area (Å²) < 4.78 is 19.6. The van der Waals surface area contributed by atoms with Crippen molar-refractivity contribution in [3.63, 3.8) is 0 Å². The minimum Gasteiger partial charge on any atom is -0.379 e. The van der Waals surface area contributed by atoms with Crippen LogP contribution in [0, 0.1) is 5.82 Å². The van der Waals surface area contributed by atoms with E-state index in [-0.39, 0.29) is 5.82 Å². The lowest BCUT2D eigenvalue weighted by Gasteiger charge is -2.10. The second-order valence-corrected chi connectivity index (χ2v) is 5.24. The first kappa shape index (κ1) is 15.6. The number of halogens is 2. The number of nitrogens with one attached hydrogen (secondary N) is 1. The van der Waals surface area contributed by atoms with E-state index in [0.29, 0.717) is 18.7 Å². The van der Waals surface area contributed by atoms with Gasteiger partial charge in [-0.3, -0.25) is 0 Å². The number of ether oxygens (including phenoxy) is 1. The van der Waals surface area contributed by atoms with Gasteiger partial charge in [-0.2, -0.15) is 0 Å². The SMILES string of the molecule is CN(C)CCOCCNCc1ccc(Br)cc1F. The van der Waals surface area contributed by atoms with Crippen molar-refractivity contribution in [1.29, 1.82) is 0 Å². The zero-order chi connectivity index (χ0) is 13.4. The monoisotopic (exact) mass is 318 g/mol. The van der Waals surface area contributed by atoms with E-state index in [9.17, 15) is 4.39 Å². The summed E-state index contributed by atoms with van der Waals surface area (Å²) in [5, 5.41) is 3.16. The van der Waals surface area contributed by atoms with Crippen molar-refractivity contribution >= 4 is 15.9 Å². The molecule has 0 aliphatic carbocycles. The van der Waals surface area contributed by atoms with E-state index < -0.39 is 0 Å². The normalized spacial score (nSPS) is 11.2. The summed E-state index contributed by atoms with van der Waals surface area (Å²) in [5.74, 6) is -0.189.